The second-order valence-corrected chi connectivity index (χ2v) is 4.56. The van der Waals surface area contributed by atoms with Gasteiger partial charge in [0, 0.05) is 0 Å². The summed E-state index contributed by atoms with van der Waals surface area (Å²) in [6, 6.07) is 9.11. The van der Waals surface area contributed by atoms with E-state index in [2.05, 4.69) is 12.7 Å². The van der Waals surface area contributed by atoms with Crippen molar-refractivity contribution in [2.45, 2.75) is 25.4 Å². The molecule has 0 saturated heterocycles. The highest BCUT2D eigenvalue weighted by Crippen LogP contribution is 2.23. The standard InChI is InChI=1S/C16H18O2/c1-2-6-13-9-11-15(12-10-13)18-16(17)14-7-4-3-5-8-14/h2-5,7-9,11,13,15H,1,6,10,12H2/t13-,15+/m0/s1. The Bertz CT molecular complexity index is 434. The van der Waals surface area contributed by atoms with Crippen molar-refractivity contribution in [3.05, 3.63) is 60.7 Å². The van der Waals surface area contributed by atoms with E-state index in [1.54, 1.807) is 12.1 Å². The van der Waals surface area contributed by atoms with E-state index in [1.807, 2.05) is 30.4 Å². The van der Waals surface area contributed by atoms with Gasteiger partial charge < -0.3 is 4.74 Å². The Kier molecular flexibility index (Phi) is 4.35. The predicted octanol–water partition coefficient (Wildman–Crippen LogP) is 3.75. The van der Waals surface area contributed by atoms with Crippen LogP contribution in [0.2, 0.25) is 0 Å². The van der Waals surface area contributed by atoms with E-state index in [9.17, 15) is 4.79 Å². The number of allylic oxidation sites excluding steroid dienone is 2. The van der Waals surface area contributed by atoms with E-state index in [1.165, 1.54) is 0 Å². The zero-order valence-electron chi connectivity index (χ0n) is 10.4. The highest BCUT2D eigenvalue weighted by molar-refractivity contribution is 5.89. The molecule has 2 rings (SSSR count). The molecule has 1 aromatic rings. The molecule has 0 unspecified atom stereocenters. The molecule has 0 fully saturated rings. The molecule has 0 heterocycles. The van der Waals surface area contributed by atoms with Gasteiger partial charge in [-0.15, -0.1) is 6.58 Å². The third-order valence-electron chi connectivity index (χ3n) is 3.16. The van der Waals surface area contributed by atoms with Crippen LogP contribution in [0.1, 0.15) is 29.6 Å². The third-order valence-corrected chi connectivity index (χ3v) is 3.16. The smallest absolute Gasteiger partial charge is 0.338 e. The van der Waals surface area contributed by atoms with Gasteiger partial charge in [-0.25, -0.2) is 4.79 Å². The molecule has 0 saturated carbocycles. The normalized spacial score (nSPS) is 22.4. The molecule has 2 heteroatoms. The molecule has 1 aliphatic carbocycles. The first-order valence-electron chi connectivity index (χ1n) is 6.35. The average molecular weight is 242 g/mol. The Labute approximate surface area is 108 Å². The summed E-state index contributed by atoms with van der Waals surface area (Å²) >= 11 is 0. The molecule has 0 spiro atoms. The number of benzene rings is 1. The van der Waals surface area contributed by atoms with Crippen molar-refractivity contribution in [1.82, 2.24) is 0 Å². The maximum Gasteiger partial charge on any atom is 0.338 e. The monoisotopic (exact) mass is 242 g/mol. The van der Waals surface area contributed by atoms with Crippen LogP contribution in [0, 0.1) is 5.92 Å². The lowest BCUT2D eigenvalue weighted by Crippen LogP contribution is -2.20. The van der Waals surface area contributed by atoms with Gasteiger partial charge in [-0.2, -0.15) is 0 Å². The number of hydrogen-bond acceptors (Lipinski definition) is 2. The van der Waals surface area contributed by atoms with Crippen LogP contribution >= 0.6 is 0 Å². The lowest BCUT2D eigenvalue weighted by molar-refractivity contribution is 0.0360. The van der Waals surface area contributed by atoms with Gasteiger partial charge in [0.2, 0.25) is 0 Å². The SMILES string of the molecule is C=CC[C@H]1C=C[C@@H](OC(=O)c2ccccc2)CC1. The van der Waals surface area contributed by atoms with Crippen molar-refractivity contribution in [2.24, 2.45) is 5.92 Å². The number of esters is 1. The molecular weight excluding hydrogens is 224 g/mol. The van der Waals surface area contributed by atoms with Crippen molar-refractivity contribution in [3.63, 3.8) is 0 Å². The minimum Gasteiger partial charge on any atom is -0.455 e. The van der Waals surface area contributed by atoms with Crippen LogP contribution in [-0.4, -0.2) is 12.1 Å². The van der Waals surface area contributed by atoms with Gasteiger partial charge in [-0.3, -0.25) is 0 Å². The maximum atomic E-state index is 11.8. The third kappa shape index (κ3) is 3.33. The average Bonchev–Trinajstić information content (AvgIpc) is 2.42. The second kappa shape index (κ2) is 6.20. The molecule has 1 aromatic carbocycles. The second-order valence-electron chi connectivity index (χ2n) is 4.56. The van der Waals surface area contributed by atoms with Crippen molar-refractivity contribution < 1.29 is 9.53 Å². The van der Waals surface area contributed by atoms with Gasteiger partial charge >= 0.3 is 5.97 Å². The van der Waals surface area contributed by atoms with Crippen molar-refractivity contribution in [1.29, 1.82) is 0 Å². The zero-order valence-corrected chi connectivity index (χ0v) is 10.4. The van der Waals surface area contributed by atoms with E-state index in [0.717, 1.165) is 19.3 Å². The summed E-state index contributed by atoms with van der Waals surface area (Å²) in [5.74, 6) is 0.307. The van der Waals surface area contributed by atoms with Gasteiger partial charge in [-0.1, -0.05) is 30.4 Å². The first kappa shape index (κ1) is 12.6. The fourth-order valence-corrected chi connectivity index (χ4v) is 2.14. The van der Waals surface area contributed by atoms with Crippen LogP contribution in [0.4, 0.5) is 0 Å². The number of rotatable bonds is 4. The number of carbonyl (C=O) groups excluding carboxylic acids is 1. The molecule has 94 valence electrons. The van der Waals surface area contributed by atoms with Gasteiger partial charge in [0.05, 0.1) is 5.56 Å². The van der Waals surface area contributed by atoms with Gasteiger partial charge in [0.25, 0.3) is 0 Å². The molecule has 0 amide bonds. The highest BCUT2D eigenvalue weighted by atomic mass is 16.5. The molecule has 0 aliphatic heterocycles. The van der Waals surface area contributed by atoms with E-state index < -0.39 is 0 Å². The van der Waals surface area contributed by atoms with E-state index in [4.69, 9.17) is 4.74 Å². The number of hydrogen-bond donors (Lipinski definition) is 0. The summed E-state index contributed by atoms with van der Waals surface area (Å²) in [6.07, 6.45) is 8.93. The van der Waals surface area contributed by atoms with Crippen LogP contribution in [0.25, 0.3) is 0 Å². The molecule has 2 nitrogen and oxygen atoms in total. The lowest BCUT2D eigenvalue weighted by atomic mass is 9.92. The Morgan fingerprint density at radius 2 is 2.06 bits per heavy atom. The quantitative estimate of drug-likeness (QED) is 0.593. The van der Waals surface area contributed by atoms with Crippen molar-refractivity contribution >= 4 is 5.97 Å². The van der Waals surface area contributed by atoms with Crippen LogP contribution in [0.5, 0.6) is 0 Å². The summed E-state index contributed by atoms with van der Waals surface area (Å²) in [7, 11) is 0. The minimum absolute atomic E-state index is 0.0845. The topological polar surface area (TPSA) is 26.3 Å². The fourth-order valence-electron chi connectivity index (χ4n) is 2.14. The fraction of sp³-hybridized carbons (Fsp3) is 0.312. The minimum atomic E-state index is -0.243. The van der Waals surface area contributed by atoms with Crippen LogP contribution < -0.4 is 0 Å². The summed E-state index contributed by atoms with van der Waals surface area (Å²) in [5.41, 5.74) is 0.610. The van der Waals surface area contributed by atoms with E-state index >= 15 is 0 Å². The van der Waals surface area contributed by atoms with Gasteiger partial charge in [-0.05, 0) is 43.4 Å². The Balaban J connectivity index is 1.90. The molecular formula is C16H18O2. The maximum absolute atomic E-state index is 11.8. The number of carbonyl (C=O) groups is 1. The van der Waals surface area contributed by atoms with Crippen molar-refractivity contribution in [2.75, 3.05) is 0 Å². The van der Waals surface area contributed by atoms with Crippen LogP contribution in [-0.2, 0) is 4.74 Å². The summed E-state index contributed by atoms with van der Waals surface area (Å²) in [5, 5.41) is 0. The molecule has 0 aromatic heterocycles. The first-order chi connectivity index (χ1) is 8.79. The largest absolute Gasteiger partial charge is 0.455 e. The number of ether oxygens (including phenoxy) is 1. The zero-order chi connectivity index (χ0) is 12.8. The van der Waals surface area contributed by atoms with Crippen LogP contribution in [0.15, 0.2) is 55.1 Å². The summed E-state index contributed by atoms with van der Waals surface area (Å²) in [4.78, 5) is 11.8. The molecule has 2 atom stereocenters. The molecule has 0 bridgehead atoms. The Morgan fingerprint density at radius 1 is 1.28 bits per heavy atom. The van der Waals surface area contributed by atoms with Crippen molar-refractivity contribution in [3.8, 4) is 0 Å². The van der Waals surface area contributed by atoms with E-state index in [-0.39, 0.29) is 12.1 Å². The first-order valence-corrected chi connectivity index (χ1v) is 6.35. The molecule has 1 aliphatic rings. The molecule has 0 radical (unpaired) electrons. The van der Waals surface area contributed by atoms with Gasteiger partial charge in [0.15, 0.2) is 0 Å². The summed E-state index contributed by atoms with van der Waals surface area (Å²) < 4.78 is 5.45. The molecule has 0 N–H and O–H groups in total. The van der Waals surface area contributed by atoms with Crippen LogP contribution in [0.3, 0.4) is 0 Å². The van der Waals surface area contributed by atoms with E-state index in [0.29, 0.717) is 11.5 Å². The highest BCUT2D eigenvalue weighted by Gasteiger charge is 2.18. The Hall–Kier alpha value is -1.83. The van der Waals surface area contributed by atoms with Gasteiger partial charge in [0.1, 0.15) is 6.10 Å². The Morgan fingerprint density at radius 3 is 2.67 bits per heavy atom. The molecule has 18 heavy (non-hydrogen) atoms. The lowest BCUT2D eigenvalue weighted by Gasteiger charge is -2.22. The predicted molar refractivity (Wildman–Crippen MR) is 72.3 cm³/mol. The summed E-state index contributed by atoms with van der Waals surface area (Å²) in [6.45, 7) is 3.74.